The molecule has 3 heteroatoms. The normalized spacial score (nSPS) is 9.18. The van der Waals surface area contributed by atoms with Crippen LogP contribution in [-0.2, 0) is 6.42 Å². The number of nitriles is 1. The molecule has 1 heterocycles. The van der Waals surface area contributed by atoms with Gasteiger partial charge in [0.15, 0.2) is 0 Å². The van der Waals surface area contributed by atoms with Crippen molar-refractivity contribution in [3.05, 3.63) is 28.0 Å². The van der Waals surface area contributed by atoms with Crippen LogP contribution in [0.4, 0.5) is 0 Å². The topological polar surface area (TPSA) is 36.7 Å². The molecule has 0 saturated carbocycles. The average Bonchev–Trinajstić information content (AvgIpc) is 1.97. The van der Waals surface area contributed by atoms with Gasteiger partial charge in [-0.1, -0.05) is 0 Å². The van der Waals surface area contributed by atoms with E-state index in [-0.39, 0.29) is 0 Å². The van der Waals surface area contributed by atoms with Crippen molar-refractivity contribution >= 4 is 15.9 Å². The van der Waals surface area contributed by atoms with Gasteiger partial charge in [0, 0.05) is 11.8 Å². The first-order valence-corrected chi connectivity index (χ1v) is 4.02. The first-order valence-electron chi connectivity index (χ1n) is 3.22. The number of nitrogens with zero attached hydrogens (tertiary/aromatic N) is 2. The van der Waals surface area contributed by atoms with E-state index in [0.717, 1.165) is 15.7 Å². The minimum absolute atomic E-state index is 0.417. The van der Waals surface area contributed by atoms with E-state index in [1.807, 2.05) is 13.0 Å². The second-order valence-corrected chi connectivity index (χ2v) is 2.98. The van der Waals surface area contributed by atoms with Gasteiger partial charge in [-0.05, 0) is 34.5 Å². The van der Waals surface area contributed by atoms with Crippen molar-refractivity contribution in [1.29, 1.82) is 5.26 Å². The number of hydrogen-bond donors (Lipinski definition) is 0. The molecule has 0 aliphatic carbocycles. The molecule has 2 nitrogen and oxygen atoms in total. The second-order valence-electron chi connectivity index (χ2n) is 2.23. The Kier molecular flexibility index (Phi) is 2.61. The predicted octanol–water partition coefficient (Wildman–Crippen LogP) is 2.22. The Morgan fingerprint density at radius 2 is 2.45 bits per heavy atom. The van der Waals surface area contributed by atoms with Crippen molar-refractivity contribution in [3.8, 4) is 6.07 Å². The largest absolute Gasteiger partial charge is 0.249 e. The Morgan fingerprint density at radius 1 is 1.73 bits per heavy atom. The molecule has 0 spiro atoms. The molecule has 0 fully saturated rings. The molecule has 11 heavy (non-hydrogen) atoms. The summed E-state index contributed by atoms with van der Waals surface area (Å²) in [6.45, 7) is 1.97. The summed E-state index contributed by atoms with van der Waals surface area (Å²) in [6.07, 6.45) is 2.14. The Bertz CT molecular complexity index is 281. The standard InChI is InChI=1S/C8H7BrN2/c1-6-3-5-11-8(9)7(6)2-4-10/h3,5H,2H2,1H3. The first-order chi connectivity index (χ1) is 5.25. The van der Waals surface area contributed by atoms with Crippen LogP contribution in [0.5, 0.6) is 0 Å². The van der Waals surface area contributed by atoms with Crippen LogP contribution in [0.25, 0.3) is 0 Å². The summed E-state index contributed by atoms with van der Waals surface area (Å²) in [5.74, 6) is 0. The maximum atomic E-state index is 8.47. The number of aromatic nitrogens is 1. The van der Waals surface area contributed by atoms with Crippen LogP contribution in [-0.4, -0.2) is 4.98 Å². The summed E-state index contributed by atoms with van der Waals surface area (Å²) in [5.41, 5.74) is 2.09. The molecule has 0 N–H and O–H groups in total. The highest BCUT2D eigenvalue weighted by Crippen LogP contribution is 2.17. The first kappa shape index (κ1) is 8.22. The summed E-state index contributed by atoms with van der Waals surface area (Å²) in [7, 11) is 0. The quantitative estimate of drug-likeness (QED) is 0.667. The van der Waals surface area contributed by atoms with Crippen LogP contribution in [0.15, 0.2) is 16.9 Å². The van der Waals surface area contributed by atoms with Crippen LogP contribution in [0, 0.1) is 18.3 Å². The van der Waals surface area contributed by atoms with Crippen molar-refractivity contribution in [2.24, 2.45) is 0 Å². The predicted molar refractivity (Wildman–Crippen MR) is 46.0 cm³/mol. The van der Waals surface area contributed by atoms with Gasteiger partial charge < -0.3 is 0 Å². The van der Waals surface area contributed by atoms with Crippen molar-refractivity contribution in [3.63, 3.8) is 0 Å². The minimum atomic E-state index is 0.417. The molecular formula is C8H7BrN2. The van der Waals surface area contributed by atoms with E-state index < -0.39 is 0 Å². The van der Waals surface area contributed by atoms with Gasteiger partial charge in [0.1, 0.15) is 4.60 Å². The molecule has 0 aliphatic rings. The molecule has 0 amide bonds. The lowest BCUT2D eigenvalue weighted by Crippen LogP contribution is -1.91. The third-order valence-corrected chi connectivity index (χ3v) is 2.18. The molecule has 1 aromatic heterocycles. The summed E-state index contributed by atoms with van der Waals surface area (Å²) >= 11 is 3.29. The van der Waals surface area contributed by atoms with Crippen LogP contribution >= 0.6 is 15.9 Å². The third-order valence-electron chi connectivity index (χ3n) is 1.49. The summed E-state index contributed by atoms with van der Waals surface area (Å²) in [5, 5.41) is 8.47. The van der Waals surface area contributed by atoms with Crippen molar-refractivity contribution in [2.45, 2.75) is 13.3 Å². The van der Waals surface area contributed by atoms with E-state index in [0.29, 0.717) is 6.42 Å². The number of rotatable bonds is 1. The maximum Gasteiger partial charge on any atom is 0.110 e. The zero-order chi connectivity index (χ0) is 8.27. The minimum Gasteiger partial charge on any atom is -0.249 e. The highest BCUT2D eigenvalue weighted by molar-refractivity contribution is 9.10. The highest BCUT2D eigenvalue weighted by atomic mass is 79.9. The van der Waals surface area contributed by atoms with Gasteiger partial charge in [-0.3, -0.25) is 0 Å². The van der Waals surface area contributed by atoms with Crippen molar-refractivity contribution < 1.29 is 0 Å². The van der Waals surface area contributed by atoms with Crippen LogP contribution in [0.1, 0.15) is 11.1 Å². The third kappa shape index (κ3) is 1.78. The summed E-state index contributed by atoms with van der Waals surface area (Å²) in [4.78, 5) is 4.02. The van der Waals surface area contributed by atoms with E-state index in [1.165, 1.54) is 0 Å². The van der Waals surface area contributed by atoms with Gasteiger partial charge in [-0.2, -0.15) is 5.26 Å². The van der Waals surface area contributed by atoms with Crippen molar-refractivity contribution in [1.82, 2.24) is 4.98 Å². The molecule has 0 unspecified atom stereocenters. The van der Waals surface area contributed by atoms with E-state index in [2.05, 4.69) is 27.0 Å². The van der Waals surface area contributed by atoms with Crippen molar-refractivity contribution in [2.75, 3.05) is 0 Å². The highest BCUT2D eigenvalue weighted by Gasteiger charge is 2.02. The number of aryl methyl sites for hydroxylation is 1. The molecule has 0 atom stereocenters. The molecule has 0 bridgehead atoms. The molecule has 56 valence electrons. The van der Waals surface area contributed by atoms with E-state index >= 15 is 0 Å². The number of halogens is 1. The molecule has 0 aromatic carbocycles. The van der Waals surface area contributed by atoms with E-state index in [9.17, 15) is 0 Å². The molecule has 0 saturated heterocycles. The fourth-order valence-corrected chi connectivity index (χ4v) is 1.42. The molecule has 1 rings (SSSR count). The van der Waals surface area contributed by atoms with Gasteiger partial charge in [0.05, 0.1) is 12.5 Å². The molecule has 0 radical (unpaired) electrons. The molecular weight excluding hydrogens is 204 g/mol. The van der Waals surface area contributed by atoms with Crippen LogP contribution in [0.3, 0.4) is 0 Å². The monoisotopic (exact) mass is 210 g/mol. The zero-order valence-electron chi connectivity index (χ0n) is 6.13. The lowest BCUT2D eigenvalue weighted by molar-refractivity contribution is 1.12. The summed E-state index contributed by atoms with van der Waals surface area (Å²) in [6, 6.07) is 4.00. The van der Waals surface area contributed by atoms with Gasteiger partial charge >= 0.3 is 0 Å². The summed E-state index contributed by atoms with van der Waals surface area (Å²) < 4.78 is 0.777. The Labute approximate surface area is 74.0 Å². The zero-order valence-corrected chi connectivity index (χ0v) is 7.72. The van der Waals surface area contributed by atoms with Gasteiger partial charge in [-0.15, -0.1) is 0 Å². The average molecular weight is 211 g/mol. The van der Waals surface area contributed by atoms with Gasteiger partial charge in [0.2, 0.25) is 0 Å². The van der Waals surface area contributed by atoms with Gasteiger partial charge in [-0.25, -0.2) is 4.98 Å². The van der Waals surface area contributed by atoms with Crippen LogP contribution in [0.2, 0.25) is 0 Å². The maximum absolute atomic E-state index is 8.47. The molecule has 1 aromatic rings. The van der Waals surface area contributed by atoms with Crippen LogP contribution < -0.4 is 0 Å². The fraction of sp³-hybridized carbons (Fsp3) is 0.250. The second kappa shape index (κ2) is 3.49. The SMILES string of the molecule is Cc1ccnc(Br)c1CC#N. The molecule has 0 aliphatic heterocycles. The lowest BCUT2D eigenvalue weighted by atomic mass is 10.1. The lowest BCUT2D eigenvalue weighted by Gasteiger charge is -2.01. The fourth-order valence-electron chi connectivity index (χ4n) is 0.847. The Morgan fingerprint density at radius 3 is 3.00 bits per heavy atom. The Balaban J connectivity index is 3.12. The smallest absolute Gasteiger partial charge is 0.110 e. The number of pyridine rings is 1. The Hall–Kier alpha value is -0.880. The van der Waals surface area contributed by atoms with E-state index in [4.69, 9.17) is 5.26 Å². The number of hydrogen-bond acceptors (Lipinski definition) is 2. The van der Waals surface area contributed by atoms with Gasteiger partial charge in [0.25, 0.3) is 0 Å². The van der Waals surface area contributed by atoms with E-state index in [1.54, 1.807) is 6.20 Å².